The van der Waals surface area contributed by atoms with Gasteiger partial charge in [0.05, 0.1) is 36.5 Å². The van der Waals surface area contributed by atoms with Crippen LogP contribution in [-0.2, 0) is 9.53 Å². The van der Waals surface area contributed by atoms with Crippen LogP contribution in [0, 0.1) is 13.8 Å². The molecule has 0 bridgehead atoms. The molecule has 0 radical (unpaired) electrons. The normalized spacial score (nSPS) is 20.8. The first-order chi connectivity index (χ1) is 19.2. The number of nitrogens with zero attached hydrogens (tertiary/aromatic N) is 7. The number of rotatable bonds is 5. The third-order valence-corrected chi connectivity index (χ3v) is 8.70. The van der Waals surface area contributed by atoms with Crippen LogP contribution in [0.1, 0.15) is 50.3 Å². The molecule has 2 aliphatic rings. The molecule has 0 aromatic carbocycles. The van der Waals surface area contributed by atoms with Gasteiger partial charge in [0.25, 0.3) is 0 Å². The molecule has 212 valence electrons. The summed E-state index contributed by atoms with van der Waals surface area (Å²) in [6.07, 6.45) is 3.67. The minimum absolute atomic E-state index is 0.105. The van der Waals surface area contributed by atoms with E-state index in [9.17, 15) is 4.79 Å². The number of aromatic amines is 1. The zero-order chi connectivity index (χ0) is 28.1. The van der Waals surface area contributed by atoms with Crippen LogP contribution >= 0.6 is 0 Å². The molecule has 0 spiro atoms. The molecule has 40 heavy (non-hydrogen) atoms. The molecule has 2 aliphatic heterocycles. The quantitative estimate of drug-likeness (QED) is 0.409. The Balaban J connectivity index is 1.30. The summed E-state index contributed by atoms with van der Waals surface area (Å²) >= 11 is 0. The Morgan fingerprint density at radius 1 is 1.10 bits per heavy atom. The van der Waals surface area contributed by atoms with Crippen molar-refractivity contribution < 1.29 is 9.53 Å². The van der Waals surface area contributed by atoms with Crippen LogP contribution in [0.2, 0.25) is 0 Å². The van der Waals surface area contributed by atoms with E-state index >= 15 is 0 Å². The molecule has 0 unspecified atom stereocenters. The molecular formula is C30H40N8O2. The molecule has 6 heterocycles. The van der Waals surface area contributed by atoms with Gasteiger partial charge in [0.15, 0.2) is 5.65 Å². The predicted molar refractivity (Wildman–Crippen MR) is 157 cm³/mol. The van der Waals surface area contributed by atoms with E-state index in [0.717, 1.165) is 59.0 Å². The zero-order valence-electron chi connectivity index (χ0n) is 24.4. The lowest BCUT2D eigenvalue weighted by Crippen LogP contribution is -2.60. The molecular weight excluding hydrogens is 504 g/mol. The van der Waals surface area contributed by atoms with Crippen molar-refractivity contribution in [2.24, 2.45) is 0 Å². The number of aromatic nitrogens is 5. The fraction of sp³-hybridized carbons (Fsp3) is 0.533. The molecule has 2 saturated heterocycles. The van der Waals surface area contributed by atoms with E-state index in [0.29, 0.717) is 26.3 Å². The van der Waals surface area contributed by atoms with Crippen LogP contribution in [0.4, 0.5) is 5.82 Å². The van der Waals surface area contributed by atoms with Gasteiger partial charge in [0.2, 0.25) is 5.91 Å². The van der Waals surface area contributed by atoms with E-state index in [1.165, 1.54) is 11.1 Å². The number of carbonyl (C=O) groups excluding carboxylic acids is 1. The minimum Gasteiger partial charge on any atom is -0.379 e. The van der Waals surface area contributed by atoms with Crippen molar-refractivity contribution in [2.45, 2.75) is 59.5 Å². The molecule has 2 atom stereocenters. The second-order valence-corrected chi connectivity index (χ2v) is 11.7. The van der Waals surface area contributed by atoms with Gasteiger partial charge in [-0.05, 0) is 56.9 Å². The number of anilines is 1. The molecule has 0 aliphatic carbocycles. The maximum atomic E-state index is 13.2. The van der Waals surface area contributed by atoms with Gasteiger partial charge >= 0.3 is 0 Å². The van der Waals surface area contributed by atoms with E-state index in [4.69, 9.17) is 9.72 Å². The SMILES string of the molecule is Cc1c(-c2[nH]c3ccc(N4C[C@H](C)N(C(=O)CN5CCOCC5)C[C@H]4C)nc3c2C(C)C)cn2ncnc2c1C. The number of nitrogens with one attached hydrogen (secondary N) is 1. The number of ether oxygens (including phenoxy) is 1. The standard InChI is InChI=1S/C30H40N8O2/c1-18(2)27-28(23-15-38-30(31-17-32-38)22(6)21(23)5)33-24-7-8-25(34-29(24)27)36-13-20(4)37(14-19(36)3)26(39)16-35-9-11-40-12-10-35/h7-8,15,17-20,33H,9-14,16H2,1-6H3/t19-,20+/m1/s1. The minimum atomic E-state index is 0.105. The van der Waals surface area contributed by atoms with Gasteiger partial charge in [-0.2, -0.15) is 5.10 Å². The molecule has 6 rings (SSSR count). The van der Waals surface area contributed by atoms with Crippen molar-refractivity contribution in [3.8, 4) is 11.3 Å². The lowest BCUT2D eigenvalue weighted by Gasteiger charge is -2.45. The van der Waals surface area contributed by atoms with Gasteiger partial charge in [-0.25, -0.2) is 14.5 Å². The first-order valence-corrected chi connectivity index (χ1v) is 14.4. The summed E-state index contributed by atoms with van der Waals surface area (Å²) in [5.41, 5.74) is 8.65. The second kappa shape index (κ2) is 10.5. The van der Waals surface area contributed by atoms with Gasteiger partial charge in [-0.3, -0.25) is 9.69 Å². The third kappa shape index (κ3) is 4.62. The van der Waals surface area contributed by atoms with Crippen molar-refractivity contribution in [3.63, 3.8) is 0 Å². The van der Waals surface area contributed by atoms with Gasteiger partial charge < -0.3 is 19.5 Å². The van der Waals surface area contributed by atoms with Crippen LogP contribution in [0.3, 0.4) is 0 Å². The summed E-state index contributed by atoms with van der Waals surface area (Å²) in [7, 11) is 0. The van der Waals surface area contributed by atoms with Crippen molar-refractivity contribution in [1.29, 1.82) is 0 Å². The first-order valence-electron chi connectivity index (χ1n) is 14.4. The highest BCUT2D eigenvalue weighted by Crippen LogP contribution is 2.38. The highest BCUT2D eigenvalue weighted by atomic mass is 16.5. The van der Waals surface area contributed by atoms with E-state index in [-0.39, 0.29) is 23.9 Å². The molecule has 4 aromatic heterocycles. The summed E-state index contributed by atoms with van der Waals surface area (Å²) < 4.78 is 7.30. The first kappa shape index (κ1) is 26.7. The highest BCUT2D eigenvalue weighted by Gasteiger charge is 2.34. The number of carbonyl (C=O) groups is 1. The van der Waals surface area contributed by atoms with E-state index in [2.05, 4.69) is 89.6 Å². The van der Waals surface area contributed by atoms with Crippen molar-refractivity contribution in [2.75, 3.05) is 50.8 Å². The zero-order valence-corrected chi connectivity index (χ0v) is 24.4. The number of pyridine rings is 2. The van der Waals surface area contributed by atoms with Crippen LogP contribution in [-0.4, -0.2) is 98.3 Å². The predicted octanol–water partition coefficient (Wildman–Crippen LogP) is 3.77. The van der Waals surface area contributed by atoms with Crippen molar-refractivity contribution in [3.05, 3.63) is 41.3 Å². The van der Waals surface area contributed by atoms with Gasteiger partial charge in [0.1, 0.15) is 12.1 Å². The summed E-state index contributed by atoms with van der Waals surface area (Å²) in [4.78, 5) is 33.2. The van der Waals surface area contributed by atoms with Crippen molar-refractivity contribution in [1.82, 2.24) is 34.4 Å². The number of piperazine rings is 1. The van der Waals surface area contributed by atoms with Crippen molar-refractivity contribution >= 4 is 28.4 Å². The Labute approximate surface area is 235 Å². The molecule has 10 nitrogen and oxygen atoms in total. The molecule has 1 N–H and O–H groups in total. The summed E-state index contributed by atoms with van der Waals surface area (Å²) in [5, 5.41) is 4.41. The van der Waals surface area contributed by atoms with Crippen LogP contribution in [0.5, 0.6) is 0 Å². The molecule has 4 aromatic rings. The lowest BCUT2D eigenvalue weighted by atomic mass is 9.95. The van der Waals surface area contributed by atoms with Crippen LogP contribution < -0.4 is 4.90 Å². The van der Waals surface area contributed by atoms with Crippen LogP contribution in [0.15, 0.2) is 24.7 Å². The van der Waals surface area contributed by atoms with Gasteiger partial charge in [-0.15, -0.1) is 0 Å². The molecule has 10 heteroatoms. The fourth-order valence-corrected chi connectivity index (χ4v) is 6.30. The summed E-state index contributed by atoms with van der Waals surface area (Å²) in [6.45, 7) is 18.0. The molecule has 1 amide bonds. The lowest BCUT2D eigenvalue weighted by molar-refractivity contribution is -0.136. The topological polar surface area (TPSA) is 94.9 Å². The average molecular weight is 545 g/mol. The van der Waals surface area contributed by atoms with Gasteiger partial charge in [-0.1, -0.05) is 13.8 Å². The monoisotopic (exact) mass is 544 g/mol. The number of fused-ring (bicyclic) bond motifs is 2. The fourth-order valence-electron chi connectivity index (χ4n) is 6.30. The maximum absolute atomic E-state index is 13.2. The number of aryl methyl sites for hydroxylation is 1. The third-order valence-electron chi connectivity index (χ3n) is 8.70. The Morgan fingerprint density at radius 3 is 2.62 bits per heavy atom. The summed E-state index contributed by atoms with van der Waals surface area (Å²) in [6, 6.07) is 4.53. The van der Waals surface area contributed by atoms with Gasteiger partial charge in [0, 0.05) is 55.6 Å². The number of hydrogen-bond acceptors (Lipinski definition) is 7. The number of H-pyrrole nitrogens is 1. The molecule has 2 fully saturated rings. The summed E-state index contributed by atoms with van der Waals surface area (Å²) in [5.74, 6) is 1.43. The second-order valence-electron chi connectivity index (χ2n) is 11.7. The Bertz CT molecular complexity index is 1550. The number of hydrogen-bond donors (Lipinski definition) is 1. The Hall–Kier alpha value is -3.50. The maximum Gasteiger partial charge on any atom is 0.237 e. The Kier molecular flexibility index (Phi) is 7.00. The van der Waals surface area contributed by atoms with E-state index in [1.54, 1.807) is 6.33 Å². The highest BCUT2D eigenvalue weighted by molar-refractivity contribution is 5.90. The number of amides is 1. The molecule has 0 saturated carbocycles. The van der Waals surface area contributed by atoms with E-state index < -0.39 is 0 Å². The largest absolute Gasteiger partial charge is 0.379 e. The van der Waals surface area contributed by atoms with E-state index in [1.807, 2.05) is 4.52 Å². The van der Waals surface area contributed by atoms with Crippen LogP contribution in [0.25, 0.3) is 27.9 Å². The number of morpholine rings is 1. The average Bonchev–Trinajstić information content (AvgIpc) is 3.56. The smallest absolute Gasteiger partial charge is 0.237 e. The Morgan fingerprint density at radius 2 is 1.88 bits per heavy atom.